The van der Waals surface area contributed by atoms with Gasteiger partial charge >= 0.3 is 0 Å². The molecule has 15 heavy (non-hydrogen) atoms. The number of primary amides is 1. The number of anilines is 1. The van der Waals surface area contributed by atoms with Gasteiger partial charge in [-0.1, -0.05) is 0 Å². The number of benzene rings is 1. The lowest BCUT2D eigenvalue weighted by Crippen LogP contribution is -2.13. The van der Waals surface area contributed by atoms with Crippen molar-refractivity contribution in [1.29, 1.82) is 0 Å². The number of hydrogen-bond donors (Lipinski definition) is 3. The van der Waals surface area contributed by atoms with Crippen molar-refractivity contribution >= 4 is 34.9 Å². The summed E-state index contributed by atoms with van der Waals surface area (Å²) < 4.78 is 0. The van der Waals surface area contributed by atoms with Crippen LogP contribution in [-0.4, -0.2) is 10.9 Å². The van der Waals surface area contributed by atoms with Gasteiger partial charge in [0.05, 0.1) is 6.42 Å². The van der Waals surface area contributed by atoms with Gasteiger partial charge in [0.25, 0.3) is 0 Å². The van der Waals surface area contributed by atoms with Crippen LogP contribution in [0.15, 0.2) is 24.4 Å². The Morgan fingerprint density at radius 3 is 2.80 bits per heavy atom. The summed E-state index contributed by atoms with van der Waals surface area (Å²) >= 11 is 0. The molecule has 1 heterocycles. The van der Waals surface area contributed by atoms with E-state index >= 15 is 0 Å². The Morgan fingerprint density at radius 2 is 2.13 bits per heavy atom. The molecule has 0 bridgehead atoms. The van der Waals surface area contributed by atoms with Gasteiger partial charge in [-0.15, -0.1) is 12.4 Å². The molecule has 0 aliphatic carbocycles. The third-order valence-corrected chi connectivity index (χ3v) is 2.16. The highest BCUT2D eigenvalue weighted by Crippen LogP contribution is 2.20. The minimum Gasteiger partial charge on any atom is -0.399 e. The van der Waals surface area contributed by atoms with Crippen molar-refractivity contribution in [2.75, 3.05) is 5.73 Å². The number of rotatable bonds is 2. The highest BCUT2D eigenvalue weighted by molar-refractivity contribution is 5.90. The molecule has 80 valence electrons. The fourth-order valence-electron chi connectivity index (χ4n) is 1.53. The van der Waals surface area contributed by atoms with Gasteiger partial charge < -0.3 is 16.5 Å². The maximum absolute atomic E-state index is 10.8. The molecule has 2 rings (SSSR count). The lowest BCUT2D eigenvalue weighted by atomic mass is 10.1. The second-order valence-corrected chi connectivity index (χ2v) is 3.26. The molecule has 0 unspecified atom stereocenters. The Kier molecular flexibility index (Phi) is 3.21. The van der Waals surface area contributed by atoms with Crippen LogP contribution in [0.1, 0.15) is 5.56 Å². The first-order valence-corrected chi connectivity index (χ1v) is 4.30. The molecule has 0 spiro atoms. The quantitative estimate of drug-likeness (QED) is 0.671. The third kappa shape index (κ3) is 2.22. The number of H-pyrrole nitrogens is 1. The predicted molar refractivity (Wildman–Crippen MR) is 62.9 cm³/mol. The van der Waals surface area contributed by atoms with Crippen LogP contribution in [0.3, 0.4) is 0 Å². The van der Waals surface area contributed by atoms with Gasteiger partial charge in [-0.25, -0.2) is 0 Å². The van der Waals surface area contributed by atoms with E-state index < -0.39 is 0 Å². The fraction of sp³-hybridized carbons (Fsp3) is 0.100. The lowest BCUT2D eigenvalue weighted by molar-refractivity contribution is -0.117. The van der Waals surface area contributed by atoms with Crippen molar-refractivity contribution in [3.63, 3.8) is 0 Å². The van der Waals surface area contributed by atoms with E-state index in [0.717, 1.165) is 16.5 Å². The molecule has 0 fully saturated rings. The number of aromatic nitrogens is 1. The van der Waals surface area contributed by atoms with E-state index in [2.05, 4.69) is 4.98 Å². The standard InChI is InChI=1S/C10H11N3O.ClH/c11-7-1-2-9-8(4-7)6(5-13-9)3-10(12)14;/h1-2,4-5,13H,3,11H2,(H2,12,14);1H. The van der Waals surface area contributed by atoms with E-state index in [9.17, 15) is 4.79 Å². The molecule has 0 saturated heterocycles. The van der Waals surface area contributed by atoms with Crippen LogP contribution in [0, 0.1) is 0 Å². The zero-order valence-corrected chi connectivity index (χ0v) is 8.80. The minimum absolute atomic E-state index is 0. The number of hydrogen-bond acceptors (Lipinski definition) is 2. The number of nitrogen functional groups attached to an aromatic ring is 1. The van der Waals surface area contributed by atoms with Crippen LogP contribution < -0.4 is 11.5 Å². The molecule has 1 amide bonds. The molecule has 4 nitrogen and oxygen atoms in total. The summed E-state index contributed by atoms with van der Waals surface area (Å²) in [5, 5.41) is 0.962. The minimum atomic E-state index is -0.340. The smallest absolute Gasteiger partial charge is 0.221 e. The van der Waals surface area contributed by atoms with E-state index in [1.807, 2.05) is 18.2 Å². The highest BCUT2D eigenvalue weighted by Gasteiger charge is 2.05. The van der Waals surface area contributed by atoms with Gasteiger partial charge in [0.1, 0.15) is 0 Å². The van der Waals surface area contributed by atoms with Gasteiger partial charge in [0, 0.05) is 22.8 Å². The maximum atomic E-state index is 10.8. The Bertz CT molecular complexity index is 492. The Hall–Kier alpha value is -1.68. The summed E-state index contributed by atoms with van der Waals surface area (Å²) in [5.74, 6) is -0.340. The number of carbonyl (C=O) groups excluding carboxylic acids is 1. The van der Waals surface area contributed by atoms with Crippen LogP contribution >= 0.6 is 12.4 Å². The maximum Gasteiger partial charge on any atom is 0.221 e. The molecule has 0 saturated carbocycles. The van der Waals surface area contributed by atoms with Crippen LogP contribution in [0.25, 0.3) is 10.9 Å². The molecular formula is C10H12ClN3O. The molecule has 0 radical (unpaired) electrons. The van der Waals surface area contributed by atoms with Crippen LogP contribution in [-0.2, 0) is 11.2 Å². The average molecular weight is 226 g/mol. The lowest BCUT2D eigenvalue weighted by Gasteiger charge is -1.96. The largest absolute Gasteiger partial charge is 0.399 e. The summed E-state index contributed by atoms with van der Waals surface area (Å²) in [7, 11) is 0. The number of nitrogens with two attached hydrogens (primary N) is 2. The van der Waals surface area contributed by atoms with Gasteiger partial charge in [-0.05, 0) is 23.8 Å². The van der Waals surface area contributed by atoms with E-state index in [1.54, 1.807) is 6.20 Å². The number of halogens is 1. The highest BCUT2D eigenvalue weighted by atomic mass is 35.5. The third-order valence-electron chi connectivity index (χ3n) is 2.16. The fourth-order valence-corrected chi connectivity index (χ4v) is 1.53. The Balaban J connectivity index is 0.00000112. The van der Waals surface area contributed by atoms with E-state index in [-0.39, 0.29) is 24.7 Å². The Labute approximate surface area is 93.0 Å². The van der Waals surface area contributed by atoms with Gasteiger partial charge in [0.15, 0.2) is 0 Å². The van der Waals surface area contributed by atoms with E-state index in [4.69, 9.17) is 11.5 Å². The molecule has 1 aromatic heterocycles. The number of nitrogens with one attached hydrogen (secondary N) is 1. The summed E-state index contributed by atoms with van der Waals surface area (Å²) in [6.45, 7) is 0. The molecule has 0 aliphatic heterocycles. The summed E-state index contributed by atoms with van der Waals surface area (Å²) in [5.41, 5.74) is 13.3. The number of carbonyl (C=O) groups is 1. The first kappa shape index (κ1) is 11.4. The first-order valence-electron chi connectivity index (χ1n) is 4.30. The average Bonchev–Trinajstić information content (AvgIpc) is 2.47. The zero-order chi connectivity index (χ0) is 10.1. The van der Waals surface area contributed by atoms with E-state index in [1.165, 1.54) is 0 Å². The predicted octanol–water partition coefficient (Wildman–Crippen LogP) is 1.20. The van der Waals surface area contributed by atoms with Crippen molar-refractivity contribution in [2.24, 2.45) is 5.73 Å². The topological polar surface area (TPSA) is 84.9 Å². The summed E-state index contributed by atoms with van der Waals surface area (Å²) in [6, 6.07) is 5.53. The molecule has 5 heteroatoms. The normalized spacial score (nSPS) is 9.87. The molecule has 1 aromatic carbocycles. The molecule has 2 aromatic rings. The number of aromatic amines is 1. The van der Waals surface area contributed by atoms with Gasteiger partial charge in [-0.3, -0.25) is 4.79 Å². The van der Waals surface area contributed by atoms with Crippen molar-refractivity contribution in [1.82, 2.24) is 4.98 Å². The SMILES string of the molecule is Cl.NC(=O)Cc1c[nH]c2ccc(N)cc12. The molecule has 0 atom stereocenters. The second kappa shape index (κ2) is 4.23. The number of amides is 1. The first-order chi connectivity index (χ1) is 6.66. The number of fused-ring (bicyclic) bond motifs is 1. The van der Waals surface area contributed by atoms with Gasteiger partial charge in [0.2, 0.25) is 5.91 Å². The van der Waals surface area contributed by atoms with Crippen molar-refractivity contribution < 1.29 is 4.79 Å². The van der Waals surface area contributed by atoms with E-state index in [0.29, 0.717) is 5.69 Å². The summed E-state index contributed by atoms with van der Waals surface area (Å²) in [4.78, 5) is 13.8. The van der Waals surface area contributed by atoms with Crippen molar-refractivity contribution in [3.05, 3.63) is 30.0 Å². The zero-order valence-electron chi connectivity index (χ0n) is 7.99. The van der Waals surface area contributed by atoms with Crippen molar-refractivity contribution in [2.45, 2.75) is 6.42 Å². The van der Waals surface area contributed by atoms with Crippen molar-refractivity contribution in [3.8, 4) is 0 Å². The van der Waals surface area contributed by atoms with Crippen LogP contribution in [0.2, 0.25) is 0 Å². The molecule has 0 aliphatic rings. The van der Waals surface area contributed by atoms with Gasteiger partial charge in [-0.2, -0.15) is 0 Å². The molecule has 5 N–H and O–H groups in total. The van der Waals surface area contributed by atoms with Crippen LogP contribution in [0.5, 0.6) is 0 Å². The monoisotopic (exact) mass is 225 g/mol. The Morgan fingerprint density at radius 1 is 1.40 bits per heavy atom. The van der Waals surface area contributed by atoms with Crippen LogP contribution in [0.4, 0.5) is 5.69 Å². The summed E-state index contributed by atoms with van der Waals surface area (Å²) in [6.07, 6.45) is 2.03. The molecular weight excluding hydrogens is 214 g/mol. The second-order valence-electron chi connectivity index (χ2n) is 3.26.